The fraction of sp³-hybridized carbons (Fsp3) is 0.889. The number of hydrogen-bond acceptors (Lipinski definition) is 3. The number of nitrogens with one attached hydrogen (secondary N) is 1. The van der Waals surface area contributed by atoms with Crippen molar-refractivity contribution in [2.45, 2.75) is 31.7 Å². The largest absolute Gasteiger partial charge is 0.353 e. The molecule has 14 heavy (non-hydrogen) atoms. The fourth-order valence-electron chi connectivity index (χ4n) is 1.40. The lowest BCUT2D eigenvalue weighted by atomic mass is 10.1. The van der Waals surface area contributed by atoms with Crippen LogP contribution >= 0.6 is 24.2 Å². The van der Waals surface area contributed by atoms with Crippen molar-refractivity contribution in [2.75, 3.05) is 18.1 Å². The third-order valence-corrected chi connectivity index (χ3v) is 3.24. The van der Waals surface area contributed by atoms with E-state index < -0.39 is 0 Å². The van der Waals surface area contributed by atoms with E-state index in [9.17, 15) is 4.79 Å². The summed E-state index contributed by atoms with van der Waals surface area (Å²) in [6, 6.07) is 0.423. The van der Waals surface area contributed by atoms with Crippen molar-refractivity contribution in [2.24, 2.45) is 5.73 Å². The van der Waals surface area contributed by atoms with Gasteiger partial charge in [0.15, 0.2) is 0 Å². The molecule has 0 aromatic carbocycles. The molecule has 0 aromatic heterocycles. The molecule has 1 heterocycles. The highest BCUT2D eigenvalue weighted by atomic mass is 35.5. The Hall–Kier alpha value is 0.0700. The summed E-state index contributed by atoms with van der Waals surface area (Å²) in [6.07, 6.45) is 3.63. The highest BCUT2D eigenvalue weighted by Crippen LogP contribution is 2.16. The summed E-state index contributed by atoms with van der Waals surface area (Å²) in [6.45, 7) is 0.605. The smallest absolute Gasteiger partial charge is 0.220 e. The number of nitrogens with two attached hydrogens (primary N) is 1. The van der Waals surface area contributed by atoms with Gasteiger partial charge in [0.2, 0.25) is 5.91 Å². The average Bonchev–Trinajstić information content (AvgIpc) is 2.16. The van der Waals surface area contributed by atoms with Gasteiger partial charge in [-0.15, -0.1) is 12.4 Å². The molecule has 0 saturated carbocycles. The summed E-state index contributed by atoms with van der Waals surface area (Å²) in [5, 5.41) is 3.05. The minimum Gasteiger partial charge on any atom is -0.353 e. The number of rotatable bonds is 4. The van der Waals surface area contributed by atoms with E-state index in [1.807, 2.05) is 11.8 Å². The second kappa shape index (κ2) is 8.38. The first-order valence-electron chi connectivity index (χ1n) is 4.90. The van der Waals surface area contributed by atoms with Crippen LogP contribution in [0.1, 0.15) is 25.7 Å². The Morgan fingerprint density at radius 1 is 1.43 bits per heavy atom. The van der Waals surface area contributed by atoms with Crippen molar-refractivity contribution in [1.82, 2.24) is 5.32 Å². The van der Waals surface area contributed by atoms with Gasteiger partial charge in [0.05, 0.1) is 0 Å². The number of carbonyl (C=O) groups is 1. The van der Waals surface area contributed by atoms with Crippen LogP contribution in [0.3, 0.4) is 0 Å². The molecule has 0 unspecified atom stereocenters. The van der Waals surface area contributed by atoms with E-state index in [1.165, 1.54) is 11.5 Å². The monoisotopic (exact) mass is 238 g/mol. The minimum atomic E-state index is 0. The van der Waals surface area contributed by atoms with E-state index in [-0.39, 0.29) is 18.3 Å². The van der Waals surface area contributed by atoms with Crippen LogP contribution < -0.4 is 11.1 Å². The first-order chi connectivity index (χ1) is 6.33. The molecule has 3 nitrogen and oxygen atoms in total. The lowest BCUT2D eigenvalue weighted by Crippen LogP contribution is -2.37. The molecular formula is C9H19ClN2OS. The molecule has 3 N–H and O–H groups in total. The molecule has 0 atom stereocenters. The highest BCUT2D eigenvalue weighted by molar-refractivity contribution is 7.99. The molecule has 1 saturated heterocycles. The normalized spacial score (nSPS) is 17.2. The maximum absolute atomic E-state index is 11.3. The number of hydrogen-bond donors (Lipinski definition) is 2. The summed E-state index contributed by atoms with van der Waals surface area (Å²) in [5.74, 6) is 2.53. The Morgan fingerprint density at radius 3 is 2.64 bits per heavy atom. The zero-order valence-corrected chi connectivity index (χ0v) is 9.96. The predicted molar refractivity (Wildman–Crippen MR) is 64.0 cm³/mol. The van der Waals surface area contributed by atoms with Crippen molar-refractivity contribution >= 4 is 30.1 Å². The van der Waals surface area contributed by atoms with Crippen molar-refractivity contribution < 1.29 is 4.79 Å². The summed E-state index contributed by atoms with van der Waals surface area (Å²) >= 11 is 1.97. The lowest BCUT2D eigenvalue weighted by Gasteiger charge is -2.22. The molecule has 0 aromatic rings. The summed E-state index contributed by atoms with van der Waals surface area (Å²) in [4.78, 5) is 11.3. The second-order valence-corrected chi connectivity index (χ2v) is 4.57. The van der Waals surface area contributed by atoms with Crippen molar-refractivity contribution in [3.63, 3.8) is 0 Å². The van der Waals surface area contributed by atoms with Crippen LogP contribution in [0, 0.1) is 0 Å². The lowest BCUT2D eigenvalue weighted by molar-refractivity contribution is -0.121. The van der Waals surface area contributed by atoms with Gasteiger partial charge in [-0.1, -0.05) is 0 Å². The van der Waals surface area contributed by atoms with Gasteiger partial charge in [-0.05, 0) is 37.3 Å². The quantitative estimate of drug-likeness (QED) is 0.773. The summed E-state index contributed by atoms with van der Waals surface area (Å²) in [5.41, 5.74) is 5.33. The Labute approximate surface area is 96.0 Å². The van der Waals surface area contributed by atoms with Crippen molar-refractivity contribution in [3.8, 4) is 0 Å². The highest BCUT2D eigenvalue weighted by Gasteiger charge is 2.15. The minimum absolute atomic E-state index is 0. The number of halogens is 1. The molecule has 1 aliphatic heterocycles. The first kappa shape index (κ1) is 14.1. The standard InChI is InChI=1S/C9H18N2OS.ClH/c10-5-1-2-9(12)11-8-3-6-13-7-4-8;/h8H,1-7,10H2,(H,11,12);1H. The third-order valence-electron chi connectivity index (χ3n) is 2.19. The fourth-order valence-corrected chi connectivity index (χ4v) is 2.51. The maximum Gasteiger partial charge on any atom is 0.220 e. The number of amides is 1. The van der Waals surface area contributed by atoms with E-state index >= 15 is 0 Å². The Morgan fingerprint density at radius 2 is 2.07 bits per heavy atom. The van der Waals surface area contributed by atoms with Crippen LogP contribution in [0.5, 0.6) is 0 Å². The zero-order valence-electron chi connectivity index (χ0n) is 8.33. The predicted octanol–water partition coefficient (Wildman–Crippen LogP) is 1.16. The molecule has 1 fully saturated rings. The van der Waals surface area contributed by atoms with Gasteiger partial charge in [-0.25, -0.2) is 0 Å². The van der Waals surface area contributed by atoms with Gasteiger partial charge >= 0.3 is 0 Å². The number of thioether (sulfide) groups is 1. The molecule has 5 heteroatoms. The average molecular weight is 239 g/mol. The number of carbonyl (C=O) groups excluding carboxylic acids is 1. The molecule has 0 radical (unpaired) electrons. The topological polar surface area (TPSA) is 55.1 Å². The first-order valence-corrected chi connectivity index (χ1v) is 6.05. The summed E-state index contributed by atoms with van der Waals surface area (Å²) < 4.78 is 0. The Bertz CT molecular complexity index is 163. The van der Waals surface area contributed by atoms with Crippen LogP contribution in [0.4, 0.5) is 0 Å². The van der Waals surface area contributed by atoms with Gasteiger partial charge < -0.3 is 11.1 Å². The maximum atomic E-state index is 11.3. The van der Waals surface area contributed by atoms with Crippen LogP contribution in [0.2, 0.25) is 0 Å². The molecule has 0 aliphatic carbocycles. The summed E-state index contributed by atoms with van der Waals surface area (Å²) in [7, 11) is 0. The molecule has 84 valence electrons. The second-order valence-electron chi connectivity index (χ2n) is 3.35. The van der Waals surface area contributed by atoms with Crippen LogP contribution in [-0.2, 0) is 4.79 Å². The third kappa shape index (κ3) is 5.73. The SMILES string of the molecule is Cl.NCCCC(=O)NC1CCSCC1. The van der Waals surface area contributed by atoms with Gasteiger partial charge in [0.25, 0.3) is 0 Å². The molecule has 0 spiro atoms. The van der Waals surface area contributed by atoms with E-state index in [0.717, 1.165) is 19.3 Å². The van der Waals surface area contributed by atoms with E-state index in [2.05, 4.69) is 5.32 Å². The van der Waals surface area contributed by atoms with Crippen LogP contribution in [-0.4, -0.2) is 30.0 Å². The van der Waals surface area contributed by atoms with Gasteiger partial charge in [0, 0.05) is 12.5 Å². The Kier molecular flexibility index (Phi) is 8.43. The van der Waals surface area contributed by atoms with Gasteiger partial charge in [-0.3, -0.25) is 4.79 Å². The van der Waals surface area contributed by atoms with Crippen molar-refractivity contribution in [3.05, 3.63) is 0 Å². The van der Waals surface area contributed by atoms with Crippen molar-refractivity contribution in [1.29, 1.82) is 0 Å². The molecule has 1 aliphatic rings. The molecule has 1 rings (SSSR count). The molecule has 1 amide bonds. The molecule has 0 bridgehead atoms. The Balaban J connectivity index is 0.00000169. The van der Waals surface area contributed by atoms with Crippen LogP contribution in [0.25, 0.3) is 0 Å². The zero-order chi connectivity index (χ0) is 9.52. The van der Waals surface area contributed by atoms with E-state index in [4.69, 9.17) is 5.73 Å². The van der Waals surface area contributed by atoms with Gasteiger partial charge in [0.1, 0.15) is 0 Å². The molecular weight excluding hydrogens is 220 g/mol. The van der Waals surface area contributed by atoms with Gasteiger partial charge in [-0.2, -0.15) is 11.8 Å². The van der Waals surface area contributed by atoms with Crippen LogP contribution in [0.15, 0.2) is 0 Å². The van der Waals surface area contributed by atoms with E-state index in [0.29, 0.717) is 19.0 Å². The van der Waals surface area contributed by atoms with E-state index in [1.54, 1.807) is 0 Å².